The van der Waals surface area contributed by atoms with E-state index in [0.717, 1.165) is 0 Å². The first-order valence-electron chi connectivity index (χ1n) is 7.84. The number of nitro groups is 1. The fourth-order valence-corrected chi connectivity index (χ4v) is 4.42. The predicted molar refractivity (Wildman–Crippen MR) is 99.9 cm³/mol. The number of halogens is 1. The number of rotatable bonds is 4. The van der Waals surface area contributed by atoms with Gasteiger partial charge in [-0.1, -0.05) is 11.6 Å². The third-order valence-electron chi connectivity index (χ3n) is 4.25. The van der Waals surface area contributed by atoms with Crippen LogP contribution in [0.4, 0.5) is 11.4 Å². The molecule has 1 fully saturated rings. The fourth-order valence-electron chi connectivity index (χ4n) is 3.07. The Hall–Kier alpha value is -2.65. The zero-order valence-corrected chi connectivity index (χ0v) is 15.6. The van der Waals surface area contributed by atoms with E-state index in [0.29, 0.717) is 33.5 Å². The summed E-state index contributed by atoms with van der Waals surface area (Å²) in [5.41, 5.74) is 0.663. The molecular formula is C17H13ClN2O6S. The number of amides is 1. The Labute approximate surface area is 163 Å². The highest BCUT2D eigenvalue weighted by Crippen LogP contribution is 2.50. The molecule has 0 aliphatic carbocycles. The van der Waals surface area contributed by atoms with E-state index in [1.165, 1.54) is 29.8 Å². The average Bonchev–Trinajstić information content (AvgIpc) is 3.26. The van der Waals surface area contributed by atoms with Crippen molar-refractivity contribution < 1.29 is 23.9 Å². The van der Waals surface area contributed by atoms with Gasteiger partial charge in [-0.3, -0.25) is 19.8 Å². The van der Waals surface area contributed by atoms with Gasteiger partial charge in [0.1, 0.15) is 11.1 Å². The maximum Gasteiger partial charge on any atom is 0.279 e. The monoisotopic (exact) mass is 408 g/mol. The molecule has 10 heteroatoms. The zero-order chi connectivity index (χ0) is 19.1. The van der Waals surface area contributed by atoms with Crippen LogP contribution in [-0.4, -0.2) is 30.5 Å². The predicted octanol–water partition coefficient (Wildman–Crippen LogP) is 3.76. The van der Waals surface area contributed by atoms with Crippen LogP contribution in [0, 0.1) is 10.1 Å². The lowest BCUT2D eigenvalue weighted by molar-refractivity contribution is -0.385. The van der Waals surface area contributed by atoms with Gasteiger partial charge in [-0.2, -0.15) is 0 Å². The molecule has 140 valence electrons. The van der Waals surface area contributed by atoms with Crippen molar-refractivity contribution in [3.8, 4) is 17.2 Å². The fraction of sp³-hybridized carbons (Fsp3) is 0.235. The molecule has 1 atom stereocenters. The van der Waals surface area contributed by atoms with E-state index in [-0.39, 0.29) is 24.1 Å². The summed E-state index contributed by atoms with van der Waals surface area (Å²) < 4.78 is 16.0. The minimum absolute atomic E-state index is 0.00148. The van der Waals surface area contributed by atoms with E-state index in [1.807, 2.05) is 0 Å². The van der Waals surface area contributed by atoms with E-state index in [1.54, 1.807) is 24.3 Å². The number of thioether (sulfide) groups is 1. The number of nitrogens with zero attached hydrogens (tertiary/aromatic N) is 2. The molecule has 2 aliphatic heterocycles. The van der Waals surface area contributed by atoms with Crippen molar-refractivity contribution in [3.63, 3.8) is 0 Å². The lowest BCUT2D eigenvalue weighted by Gasteiger charge is -2.26. The molecule has 0 spiro atoms. The Morgan fingerprint density at radius 1 is 1.30 bits per heavy atom. The quantitative estimate of drug-likeness (QED) is 0.561. The third-order valence-corrected chi connectivity index (χ3v) is 5.68. The molecule has 4 rings (SSSR count). The Morgan fingerprint density at radius 2 is 2.04 bits per heavy atom. The van der Waals surface area contributed by atoms with Gasteiger partial charge in [-0.25, -0.2) is 0 Å². The number of anilines is 1. The van der Waals surface area contributed by atoms with E-state index in [4.69, 9.17) is 25.8 Å². The van der Waals surface area contributed by atoms with Crippen LogP contribution in [0.1, 0.15) is 10.9 Å². The van der Waals surface area contributed by atoms with Gasteiger partial charge in [0.05, 0.1) is 35.1 Å². The second kappa shape index (κ2) is 6.82. The van der Waals surface area contributed by atoms with Crippen molar-refractivity contribution in [2.24, 2.45) is 0 Å². The summed E-state index contributed by atoms with van der Waals surface area (Å²) in [6.07, 6.45) is 0. The zero-order valence-electron chi connectivity index (χ0n) is 14.0. The van der Waals surface area contributed by atoms with E-state index >= 15 is 0 Å². The van der Waals surface area contributed by atoms with Crippen LogP contribution in [0.5, 0.6) is 17.2 Å². The maximum atomic E-state index is 12.6. The molecule has 2 aromatic rings. The lowest BCUT2D eigenvalue weighted by Crippen LogP contribution is -2.28. The van der Waals surface area contributed by atoms with Gasteiger partial charge in [-0.05, 0) is 24.3 Å². The van der Waals surface area contributed by atoms with Gasteiger partial charge in [-0.15, -0.1) is 11.8 Å². The van der Waals surface area contributed by atoms with Crippen molar-refractivity contribution in [1.29, 1.82) is 0 Å². The molecule has 2 aromatic carbocycles. The van der Waals surface area contributed by atoms with Crippen molar-refractivity contribution in [3.05, 3.63) is 51.0 Å². The van der Waals surface area contributed by atoms with Gasteiger partial charge >= 0.3 is 0 Å². The number of methoxy groups -OCH3 is 1. The molecule has 0 aromatic heterocycles. The molecule has 2 heterocycles. The summed E-state index contributed by atoms with van der Waals surface area (Å²) in [5, 5.41) is 11.4. The average molecular weight is 409 g/mol. The van der Waals surface area contributed by atoms with Crippen LogP contribution in [-0.2, 0) is 4.79 Å². The van der Waals surface area contributed by atoms with Crippen molar-refractivity contribution in [1.82, 2.24) is 0 Å². The number of hydrogen-bond acceptors (Lipinski definition) is 7. The highest BCUT2D eigenvalue weighted by atomic mass is 35.5. The normalized spacial score (nSPS) is 18.1. The van der Waals surface area contributed by atoms with Gasteiger partial charge < -0.3 is 14.2 Å². The van der Waals surface area contributed by atoms with E-state index in [9.17, 15) is 14.9 Å². The first-order valence-corrected chi connectivity index (χ1v) is 9.27. The molecule has 2 aliphatic rings. The standard InChI is InChI=1S/C17H13ClN2O6S/c1-24-13-3-2-9(18)4-12(13)19-16(21)7-27-17(19)10-5-14-15(26-8-25-14)6-11(10)20(22)23/h2-6,17H,7-8H2,1H3/t17-/m1/s1. The Kier molecular flexibility index (Phi) is 4.48. The largest absolute Gasteiger partial charge is 0.495 e. The molecule has 1 amide bonds. The molecule has 0 unspecified atom stereocenters. The molecule has 0 N–H and O–H groups in total. The summed E-state index contributed by atoms with van der Waals surface area (Å²) >= 11 is 7.39. The lowest BCUT2D eigenvalue weighted by atomic mass is 10.1. The molecule has 0 saturated carbocycles. The third kappa shape index (κ3) is 3.02. The SMILES string of the molecule is COc1ccc(Cl)cc1N1C(=O)CS[C@@H]1c1cc2c(cc1[N+](=O)[O-])OCO2. The highest BCUT2D eigenvalue weighted by Gasteiger charge is 2.40. The number of ether oxygens (including phenoxy) is 3. The number of carbonyl (C=O) groups excluding carboxylic acids is 1. The van der Waals surface area contributed by atoms with Gasteiger partial charge in [0.15, 0.2) is 11.5 Å². The number of nitro benzene ring substituents is 1. The summed E-state index contributed by atoms with van der Waals surface area (Å²) in [6, 6.07) is 7.79. The topological polar surface area (TPSA) is 91.1 Å². The summed E-state index contributed by atoms with van der Waals surface area (Å²) in [4.78, 5) is 25.2. The van der Waals surface area contributed by atoms with E-state index < -0.39 is 10.3 Å². The van der Waals surface area contributed by atoms with Crippen LogP contribution >= 0.6 is 23.4 Å². The molecule has 27 heavy (non-hydrogen) atoms. The van der Waals surface area contributed by atoms with Crippen molar-refractivity contribution in [2.45, 2.75) is 5.37 Å². The molecule has 0 radical (unpaired) electrons. The molecule has 8 nitrogen and oxygen atoms in total. The summed E-state index contributed by atoms with van der Waals surface area (Å²) in [6.45, 7) is -0.00148. The maximum absolute atomic E-state index is 12.6. The number of benzene rings is 2. The Bertz CT molecular complexity index is 953. The van der Waals surface area contributed by atoms with Gasteiger partial charge in [0.2, 0.25) is 12.7 Å². The van der Waals surface area contributed by atoms with Crippen molar-refractivity contribution >= 4 is 40.6 Å². The minimum Gasteiger partial charge on any atom is -0.495 e. The summed E-state index contributed by atoms with van der Waals surface area (Å²) in [5.74, 6) is 1.15. The Balaban J connectivity index is 1.86. The Morgan fingerprint density at radius 3 is 2.74 bits per heavy atom. The van der Waals surface area contributed by atoms with Crippen LogP contribution in [0.3, 0.4) is 0 Å². The second-order valence-electron chi connectivity index (χ2n) is 5.76. The molecule has 1 saturated heterocycles. The minimum atomic E-state index is -0.625. The number of carbonyl (C=O) groups is 1. The molecule has 0 bridgehead atoms. The number of fused-ring (bicyclic) bond motifs is 1. The van der Waals surface area contributed by atoms with Gasteiger partial charge in [0.25, 0.3) is 5.69 Å². The van der Waals surface area contributed by atoms with Crippen LogP contribution < -0.4 is 19.1 Å². The smallest absolute Gasteiger partial charge is 0.279 e. The van der Waals surface area contributed by atoms with E-state index in [2.05, 4.69) is 0 Å². The second-order valence-corrected chi connectivity index (χ2v) is 7.27. The van der Waals surface area contributed by atoms with Crippen molar-refractivity contribution in [2.75, 3.05) is 24.6 Å². The molecular weight excluding hydrogens is 396 g/mol. The first kappa shape index (κ1) is 17.7. The summed E-state index contributed by atoms with van der Waals surface area (Å²) in [7, 11) is 1.48. The number of hydrogen-bond donors (Lipinski definition) is 0. The van der Waals surface area contributed by atoms with Gasteiger partial charge in [0, 0.05) is 5.02 Å². The van der Waals surface area contributed by atoms with Crippen LogP contribution in [0.2, 0.25) is 5.02 Å². The van der Waals surface area contributed by atoms with Crippen LogP contribution in [0.25, 0.3) is 0 Å². The highest BCUT2D eigenvalue weighted by molar-refractivity contribution is 8.00. The van der Waals surface area contributed by atoms with Crippen LogP contribution in [0.15, 0.2) is 30.3 Å². The first-order chi connectivity index (χ1) is 13.0.